The van der Waals surface area contributed by atoms with E-state index in [4.69, 9.17) is 10.00 Å². The zero-order valence-electron chi connectivity index (χ0n) is 10.9. The lowest BCUT2D eigenvalue weighted by atomic mass is 9.42. The van der Waals surface area contributed by atoms with Crippen molar-refractivity contribution in [2.75, 3.05) is 6.61 Å². The molecule has 2 rings (SSSR count). The van der Waals surface area contributed by atoms with E-state index in [0.717, 1.165) is 37.7 Å². The van der Waals surface area contributed by atoms with Crippen molar-refractivity contribution in [2.24, 2.45) is 5.92 Å². The molecule has 20 heavy (non-hydrogen) atoms. The maximum atomic E-state index is 12.4. The van der Waals surface area contributed by atoms with Gasteiger partial charge in [-0.25, -0.2) is 10.2 Å². The third-order valence-corrected chi connectivity index (χ3v) is 3.56. The van der Waals surface area contributed by atoms with Gasteiger partial charge in [-0.2, -0.15) is 13.2 Å². The van der Waals surface area contributed by atoms with Crippen LogP contribution in [0.5, 0.6) is 5.88 Å². The summed E-state index contributed by atoms with van der Waals surface area (Å²) in [7, 11) is 0. The zero-order valence-corrected chi connectivity index (χ0v) is 10.9. The van der Waals surface area contributed by atoms with Gasteiger partial charge in [-0.05, 0) is 12.0 Å². The smallest absolute Gasteiger partial charge is 0.417 e. The van der Waals surface area contributed by atoms with E-state index in [9.17, 15) is 13.2 Å². The fourth-order valence-electron chi connectivity index (χ4n) is 2.29. The van der Waals surface area contributed by atoms with Gasteiger partial charge in [0.2, 0.25) is 5.88 Å². The van der Waals surface area contributed by atoms with Crippen LogP contribution in [0.2, 0.25) is 12.6 Å². The summed E-state index contributed by atoms with van der Waals surface area (Å²) in [6, 6.07) is 2.21. The molecule has 0 aliphatic carbocycles. The summed E-state index contributed by atoms with van der Waals surface area (Å²) in [5.41, 5.74) is -0.778. The molecule has 3 nitrogen and oxygen atoms in total. The van der Waals surface area contributed by atoms with E-state index in [1.165, 1.54) is 6.07 Å². The number of pyridine rings is 1. The third kappa shape index (κ3) is 3.89. The average molecular weight is 282 g/mol. The van der Waals surface area contributed by atoms with Crippen LogP contribution in [-0.2, 0) is 6.18 Å². The number of hydrogen-bond donors (Lipinski definition) is 0. The molecule has 1 fully saturated rings. The number of nitriles is 1. The summed E-state index contributed by atoms with van der Waals surface area (Å²) < 4.78 is 42.5. The molecular formula is C13H14BF3N2O. The Bertz CT molecular complexity index is 476. The Morgan fingerprint density at radius 3 is 2.55 bits per heavy atom. The highest BCUT2D eigenvalue weighted by atomic mass is 19.4. The Labute approximate surface area is 115 Å². The second-order valence-corrected chi connectivity index (χ2v) is 5.04. The Balaban J connectivity index is 1.82. The number of ether oxygens (including phenoxy) is 1. The van der Waals surface area contributed by atoms with E-state index >= 15 is 0 Å². The lowest BCUT2D eigenvalue weighted by Gasteiger charge is -2.22. The first-order chi connectivity index (χ1) is 9.49. The van der Waals surface area contributed by atoms with Gasteiger partial charge in [-0.3, -0.25) is 0 Å². The molecule has 0 amide bonds. The molecule has 0 saturated carbocycles. The highest BCUT2D eigenvalue weighted by Crippen LogP contribution is 2.29. The summed E-state index contributed by atoms with van der Waals surface area (Å²) in [5.74, 6) is 2.82. The molecule has 0 radical (unpaired) electrons. The first kappa shape index (κ1) is 14.7. The molecule has 0 bridgehead atoms. The topological polar surface area (TPSA) is 45.9 Å². The maximum absolute atomic E-state index is 12.4. The van der Waals surface area contributed by atoms with Crippen LogP contribution in [0.3, 0.4) is 0 Å². The molecule has 106 valence electrons. The minimum Gasteiger partial charge on any atom is -0.477 e. The number of nitrogens with zero attached hydrogens (tertiary/aromatic N) is 2. The Morgan fingerprint density at radius 2 is 2.05 bits per heavy atom. The number of hydrogen-bond acceptors (Lipinski definition) is 3. The van der Waals surface area contributed by atoms with Gasteiger partial charge in [-0.1, -0.05) is 25.5 Å². The number of aromatic nitrogens is 1. The molecule has 0 N–H and O–H groups in total. The minimum atomic E-state index is -4.37. The normalized spacial score (nSPS) is 16.8. The minimum absolute atomic E-state index is 0.135. The second kappa shape index (κ2) is 6.16. The van der Waals surface area contributed by atoms with E-state index in [1.54, 1.807) is 0 Å². The van der Waals surface area contributed by atoms with Gasteiger partial charge in [0, 0.05) is 18.2 Å². The van der Waals surface area contributed by atoms with Crippen LogP contribution in [0, 0.1) is 17.1 Å². The van der Waals surface area contributed by atoms with Gasteiger partial charge in [0.05, 0.1) is 12.2 Å². The molecule has 1 aromatic rings. The van der Waals surface area contributed by atoms with Crippen LogP contribution in [0.1, 0.15) is 18.4 Å². The monoisotopic (exact) mass is 282 g/mol. The largest absolute Gasteiger partial charge is 0.477 e. The van der Waals surface area contributed by atoms with E-state index in [0.29, 0.717) is 12.5 Å². The van der Waals surface area contributed by atoms with Crippen molar-refractivity contribution >= 4 is 6.71 Å². The lowest BCUT2D eigenvalue weighted by molar-refractivity contribution is -0.137. The fourth-order valence-corrected chi connectivity index (χ4v) is 2.29. The average Bonchev–Trinajstić information content (AvgIpc) is 2.45. The van der Waals surface area contributed by atoms with Crippen LogP contribution in [0.4, 0.5) is 13.2 Å². The molecule has 2 heterocycles. The Hall–Kier alpha value is -1.71. The van der Waals surface area contributed by atoms with Crippen LogP contribution < -0.4 is 4.74 Å². The Kier molecular flexibility index (Phi) is 4.53. The van der Waals surface area contributed by atoms with Gasteiger partial charge in [-0.15, -0.1) is 0 Å². The molecule has 0 aromatic carbocycles. The fraction of sp³-hybridized carbons (Fsp3) is 0.538. The summed E-state index contributed by atoms with van der Waals surface area (Å²) in [6.07, 6.45) is -0.0310. The lowest BCUT2D eigenvalue weighted by Crippen LogP contribution is -2.24. The van der Waals surface area contributed by atoms with E-state index in [2.05, 4.69) is 11.0 Å². The van der Waals surface area contributed by atoms with Crippen molar-refractivity contribution in [2.45, 2.75) is 31.7 Å². The first-order valence-electron chi connectivity index (χ1n) is 6.54. The highest BCUT2D eigenvalue weighted by molar-refractivity contribution is 6.67. The van der Waals surface area contributed by atoms with Crippen molar-refractivity contribution in [1.82, 2.24) is 4.98 Å². The van der Waals surface area contributed by atoms with Gasteiger partial charge < -0.3 is 4.74 Å². The van der Waals surface area contributed by atoms with Gasteiger partial charge in [0.15, 0.2) is 0 Å². The molecule has 7 heteroatoms. The molecule has 1 saturated heterocycles. The summed E-state index contributed by atoms with van der Waals surface area (Å²) in [6.45, 7) is 0.576. The van der Waals surface area contributed by atoms with Crippen molar-refractivity contribution in [1.29, 1.82) is 5.26 Å². The van der Waals surface area contributed by atoms with Gasteiger partial charge in [0.25, 0.3) is 6.71 Å². The second-order valence-electron chi connectivity index (χ2n) is 5.04. The molecule has 0 spiro atoms. The van der Waals surface area contributed by atoms with E-state index in [1.807, 2.05) is 0 Å². The molecule has 1 aliphatic heterocycles. The van der Waals surface area contributed by atoms with Crippen molar-refractivity contribution in [3.8, 4) is 11.8 Å². The van der Waals surface area contributed by atoms with Gasteiger partial charge >= 0.3 is 6.18 Å². The maximum Gasteiger partial charge on any atom is 0.417 e. The zero-order chi connectivity index (χ0) is 14.6. The number of alkyl halides is 3. The van der Waals surface area contributed by atoms with Crippen LogP contribution in [0.15, 0.2) is 18.3 Å². The number of halogens is 3. The molecule has 1 aromatic heterocycles. The standard InChI is InChI=1S/C13H14BF3N2O/c15-13(16,17)11-1-2-12(19-7-11)20-8-10-3-5-14(9-18)6-4-10/h1-2,7,10H,3-6,8H2. The van der Waals surface area contributed by atoms with Crippen LogP contribution in [0.25, 0.3) is 0 Å². The third-order valence-electron chi connectivity index (χ3n) is 3.56. The van der Waals surface area contributed by atoms with Gasteiger partial charge in [0.1, 0.15) is 0 Å². The van der Waals surface area contributed by atoms with Crippen LogP contribution in [-0.4, -0.2) is 18.3 Å². The van der Waals surface area contributed by atoms with Crippen molar-refractivity contribution < 1.29 is 17.9 Å². The molecule has 0 unspecified atom stereocenters. The quantitative estimate of drug-likeness (QED) is 0.798. The summed E-state index contributed by atoms with van der Waals surface area (Å²) in [4.78, 5) is 3.67. The summed E-state index contributed by atoms with van der Waals surface area (Å²) in [5, 5.41) is 8.79. The van der Waals surface area contributed by atoms with Crippen LogP contribution >= 0.6 is 0 Å². The highest BCUT2D eigenvalue weighted by Gasteiger charge is 2.30. The first-order valence-corrected chi connectivity index (χ1v) is 6.54. The molecule has 0 atom stereocenters. The SMILES string of the molecule is N#CB1CCC(COc2ccc(C(F)(F)F)cn2)CC1. The molecular weight excluding hydrogens is 268 g/mol. The Morgan fingerprint density at radius 1 is 1.35 bits per heavy atom. The molecule has 1 aliphatic rings. The van der Waals surface area contributed by atoms with Crippen molar-refractivity contribution in [3.63, 3.8) is 0 Å². The predicted octanol–water partition coefficient (Wildman–Crippen LogP) is 3.45. The number of rotatable bonds is 3. The van der Waals surface area contributed by atoms with E-state index < -0.39 is 11.7 Å². The van der Waals surface area contributed by atoms with Crippen molar-refractivity contribution in [3.05, 3.63) is 23.9 Å². The predicted molar refractivity (Wildman–Crippen MR) is 68.4 cm³/mol. The van der Waals surface area contributed by atoms with E-state index in [-0.39, 0.29) is 12.6 Å². The summed E-state index contributed by atoms with van der Waals surface area (Å²) >= 11 is 0.